The van der Waals surface area contributed by atoms with E-state index in [1.165, 1.54) is 24.3 Å². The van der Waals surface area contributed by atoms with Crippen LogP contribution in [0.2, 0.25) is 0 Å². The average Bonchev–Trinajstić information content (AvgIpc) is 2.61. The van der Waals surface area contributed by atoms with E-state index in [-0.39, 0.29) is 11.1 Å². The van der Waals surface area contributed by atoms with Gasteiger partial charge in [-0.25, -0.2) is 14.4 Å². The fraction of sp³-hybridized carbons (Fsp3) is 0.318. The van der Waals surface area contributed by atoms with Crippen LogP contribution in [0.25, 0.3) is 0 Å². The fourth-order valence-corrected chi connectivity index (χ4v) is 2.27. The standard InChI is InChI=1S/C22H24O6/c1-14-6-8-16(9-7-14)19(25)27-21(2,3)22(4,5)28-20(26)17-12-10-15(11-13-17)18(23)24/h6-13H,1-5H3,(H,23,24). The quantitative estimate of drug-likeness (QED) is 0.748. The third-order valence-electron chi connectivity index (χ3n) is 4.80. The van der Waals surface area contributed by atoms with Crippen molar-refractivity contribution in [2.24, 2.45) is 0 Å². The number of carboxylic acid groups (broad SMARTS) is 1. The van der Waals surface area contributed by atoms with Crippen LogP contribution < -0.4 is 0 Å². The van der Waals surface area contributed by atoms with Crippen LogP contribution >= 0.6 is 0 Å². The number of carbonyl (C=O) groups excluding carboxylic acids is 2. The van der Waals surface area contributed by atoms with Crippen LogP contribution in [-0.4, -0.2) is 34.2 Å². The van der Waals surface area contributed by atoms with Crippen molar-refractivity contribution in [3.8, 4) is 0 Å². The highest BCUT2D eigenvalue weighted by Gasteiger charge is 2.44. The molecule has 0 radical (unpaired) electrons. The van der Waals surface area contributed by atoms with E-state index in [0.717, 1.165) is 5.56 Å². The van der Waals surface area contributed by atoms with Crippen molar-refractivity contribution in [3.05, 3.63) is 70.8 Å². The number of hydrogen-bond acceptors (Lipinski definition) is 5. The van der Waals surface area contributed by atoms with Crippen LogP contribution in [0.4, 0.5) is 0 Å². The summed E-state index contributed by atoms with van der Waals surface area (Å²) >= 11 is 0. The molecule has 28 heavy (non-hydrogen) atoms. The van der Waals surface area contributed by atoms with Crippen LogP contribution in [-0.2, 0) is 9.47 Å². The van der Waals surface area contributed by atoms with Gasteiger partial charge in [0.05, 0.1) is 16.7 Å². The van der Waals surface area contributed by atoms with Gasteiger partial charge in [0.2, 0.25) is 0 Å². The lowest BCUT2D eigenvalue weighted by molar-refractivity contribution is -0.124. The summed E-state index contributed by atoms with van der Waals surface area (Å²) in [4.78, 5) is 35.8. The summed E-state index contributed by atoms with van der Waals surface area (Å²) < 4.78 is 11.2. The molecule has 148 valence electrons. The van der Waals surface area contributed by atoms with Gasteiger partial charge in [-0.2, -0.15) is 0 Å². The molecule has 0 saturated heterocycles. The highest BCUT2D eigenvalue weighted by molar-refractivity contribution is 5.93. The second-order valence-corrected chi connectivity index (χ2v) is 7.55. The van der Waals surface area contributed by atoms with Gasteiger partial charge in [-0.3, -0.25) is 0 Å². The summed E-state index contributed by atoms with van der Waals surface area (Å²) in [5.74, 6) is -2.23. The highest BCUT2D eigenvalue weighted by Crippen LogP contribution is 2.31. The van der Waals surface area contributed by atoms with E-state index < -0.39 is 29.1 Å². The average molecular weight is 384 g/mol. The maximum atomic E-state index is 12.5. The molecule has 2 aromatic carbocycles. The van der Waals surface area contributed by atoms with Gasteiger partial charge in [-0.05, 0) is 71.0 Å². The fourth-order valence-electron chi connectivity index (χ4n) is 2.27. The molecule has 2 rings (SSSR count). The van der Waals surface area contributed by atoms with Gasteiger partial charge in [-0.1, -0.05) is 17.7 Å². The molecule has 0 aromatic heterocycles. The Bertz CT molecular complexity index is 876. The van der Waals surface area contributed by atoms with Crippen LogP contribution in [0.5, 0.6) is 0 Å². The van der Waals surface area contributed by atoms with Gasteiger partial charge >= 0.3 is 17.9 Å². The van der Waals surface area contributed by atoms with E-state index in [2.05, 4.69) is 0 Å². The van der Waals surface area contributed by atoms with Gasteiger partial charge in [0.15, 0.2) is 0 Å². The van der Waals surface area contributed by atoms with Crippen molar-refractivity contribution >= 4 is 17.9 Å². The van der Waals surface area contributed by atoms with Crippen LogP contribution in [0.3, 0.4) is 0 Å². The SMILES string of the molecule is Cc1ccc(C(=O)OC(C)(C)C(C)(C)OC(=O)c2ccc(C(=O)O)cc2)cc1. The van der Waals surface area contributed by atoms with E-state index in [1.54, 1.807) is 39.8 Å². The number of carboxylic acids is 1. The van der Waals surface area contributed by atoms with Gasteiger partial charge in [0.1, 0.15) is 11.2 Å². The molecule has 0 spiro atoms. The molecule has 6 heteroatoms. The van der Waals surface area contributed by atoms with Crippen molar-refractivity contribution in [2.45, 2.75) is 45.8 Å². The minimum Gasteiger partial charge on any atom is -0.478 e. The Kier molecular flexibility index (Phi) is 5.92. The molecule has 0 aliphatic heterocycles. The molecule has 6 nitrogen and oxygen atoms in total. The van der Waals surface area contributed by atoms with Crippen molar-refractivity contribution in [1.29, 1.82) is 0 Å². The molecule has 1 N–H and O–H groups in total. The molecule has 0 fully saturated rings. The van der Waals surface area contributed by atoms with Gasteiger partial charge in [0.25, 0.3) is 0 Å². The Labute approximate surface area is 164 Å². The van der Waals surface area contributed by atoms with Gasteiger partial charge in [-0.15, -0.1) is 0 Å². The number of carbonyl (C=O) groups is 3. The number of hydrogen-bond donors (Lipinski definition) is 1. The molecular formula is C22H24O6. The first-order valence-electron chi connectivity index (χ1n) is 8.80. The van der Waals surface area contributed by atoms with Crippen LogP contribution in [0.1, 0.15) is 64.3 Å². The minimum absolute atomic E-state index is 0.0724. The number of aryl methyl sites for hydroxylation is 1. The third kappa shape index (κ3) is 4.76. The Balaban J connectivity index is 2.12. The maximum absolute atomic E-state index is 12.5. The second-order valence-electron chi connectivity index (χ2n) is 7.55. The minimum atomic E-state index is -1.14. The van der Waals surface area contributed by atoms with E-state index in [4.69, 9.17) is 14.6 Å². The largest absolute Gasteiger partial charge is 0.478 e. The molecule has 0 amide bonds. The Morgan fingerprint density at radius 1 is 0.679 bits per heavy atom. The Morgan fingerprint density at radius 2 is 1.00 bits per heavy atom. The summed E-state index contributed by atoms with van der Waals surface area (Å²) in [6.07, 6.45) is 0. The Hall–Kier alpha value is -3.15. The van der Waals surface area contributed by atoms with E-state index in [1.807, 2.05) is 19.1 Å². The summed E-state index contributed by atoms with van der Waals surface area (Å²) in [7, 11) is 0. The second kappa shape index (κ2) is 7.84. The molecule has 0 saturated carbocycles. The van der Waals surface area contributed by atoms with Gasteiger partial charge in [0, 0.05) is 0 Å². The molecule has 0 aliphatic carbocycles. The first-order valence-corrected chi connectivity index (χ1v) is 8.80. The number of esters is 2. The van der Waals surface area contributed by atoms with Crippen molar-refractivity contribution in [3.63, 3.8) is 0 Å². The van der Waals surface area contributed by atoms with E-state index >= 15 is 0 Å². The summed E-state index contributed by atoms with van der Waals surface area (Å²) in [6.45, 7) is 8.56. The Morgan fingerprint density at radius 3 is 1.36 bits per heavy atom. The first-order chi connectivity index (χ1) is 12.9. The monoisotopic (exact) mass is 384 g/mol. The molecule has 2 aromatic rings. The maximum Gasteiger partial charge on any atom is 0.338 e. The van der Waals surface area contributed by atoms with Crippen LogP contribution in [0.15, 0.2) is 48.5 Å². The molecule has 0 atom stereocenters. The van der Waals surface area contributed by atoms with Crippen molar-refractivity contribution < 1.29 is 29.0 Å². The topological polar surface area (TPSA) is 89.9 Å². The predicted molar refractivity (Wildman–Crippen MR) is 104 cm³/mol. The van der Waals surface area contributed by atoms with E-state index in [0.29, 0.717) is 5.56 Å². The van der Waals surface area contributed by atoms with Gasteiger partial charge < -0.3 is 14.6 Å². The van der Waals surface area contributed by atoms with E-state index in [9.17, 15) is 14.4 Å². The lowest BCUT2D eigenvalue weighted by atomic mass is 9.88. The molecular weight excluding hydrogens is 360 g/mol. The zero-order chi connectivity index (χ0) is 21.1. The molecule has 0 bridgehead atoms. The molecule has 0 unspecified atom stereocenters. The van der Waals surface area contributed by atoms with Crippen LogP contribution in [0, 0.1) is 6.92 Å². The normalized spacial score (nSPS) is 11.6. The zero-order valence-electron chi connectivity index (χ0n) is 16.6. The summed E-state index contributed by atoms with van der Waals surface area (Å²) in [5, 5.41) is 8.94. The number of aromatic carboxylic acids is 1. The lowest BCUT2D eigenvalue weighted by Crippen LogP contribution is -2.51. The smallest absolute Gasteiger partial charge is 0.338 e. The summed E-state index contributed by atoms with van der Waals surface area (Å²) in [5.41, 5.74) is -0.549. The molecule has 0 heterocycles. The summed E-state index contributed by atoms with van der Waals surface area (Å²) in [6, 6.07) is 12.4. The lowest BCUT2D eigenvalue weighted by Gasteiger charge is -2.39. The number of ether oxygens (including phenoxy) is 2. The number of benzene rings is 2. The first kappa shape index (κ1) is 21.2. The predicted octanol–water partition coefficient (Wildman–Crippen LogP) is 4.26. The highest BCUT2D eigenvalue weighted by atomic mass is 16.6. The molecule has 0 aliphatic rings. The number of rotatable bonds is 6. The third-order valence-corrected chi connectivity index (χ3v) is 4.80. The van der Waals surface area contributed by atoms with Crippen molar-refractivity contribution in [1.82, 2.24) is 0 Å². The van der Waals surface area contributed by atoms with Crippen molar-refractivity contribution in [2.75, 3.05) is 0 Å². The zero-order valence-corrected chi connectivity index (χ0v) is 16.6.